The molecule has 55 valence electrons. The van der Waals surface area contributed by atoms with Crippen LogP contribution in [-0.2, 0) is 0 Å². The van der Waals surface area contributed by atoms with Crippen LogP contribution in [0.2, 0.25) is 0 Å². The Morgan fingerprint density at radius 2 is 1.91 bits per heavy atom. The number of nitrogens with zero attached hydrogens (tertiary/aromatic N) is 1. The highest BCUT2D eigenvalue weighted by atomic mass is 16.6. The highest BCUT2D eigenvalue weighted by Gasteiger charge is 2.08. The van der Waals surface area contributed by atoms with Gasteiger partial charge in [0.2, 0.25) is 0 Å². The molecule has 0 amide bonds. The van der Waals surface area contributed by atoms with Gasteiger partial charge in [0.05, 0.1) is 10.5 Å². The van der Waals surface area contributed by atoms with E-state index in [0.717, 1.165) is 0 Å². The summed E-state index contributed by atoms with van der Waals surface area (Å²) in [7, 11) is 0. The summed E-state index contributed by atoms with van der Waals surface area (Å²) in [6, 6.07) is 8.37. The molecule has 0 heterocycles. The Hall–Kier alpha value is -1.64. The molecular formula is C8H6NO2. The highest BCUT2D eigenvalue weighted by Crippen LogP contribution is 2.10. The van der Waals surface area contributed by atoms with E-state index in [1.165, 1.54) is 0 Å². The SMILES string of the molecule is [CH]=C(c1ccccc1)[N+](=O)[O-]. The van der Waals surface area contributed by atoms with Crippen LogP contribution in [0.25, 0.3) is 5.70 Å². The molecule has 0 aliphatic heterocycles. The van der Waals surface area contributed by atoms with E-state index in [9.17, 15) is 10.1 Å². The molecule has 0 saturated carbocycles. The molecule has 1 radical (unpaired) electrons. The van der Waals surface area contributed by atoms with Crippen molar-refractivity contribution in [3.8, 4) is 0 Å². The van der Waals surface area contributed by atoms with E-state index in [1.54, 1.807) is 30.3 Å². The van der Waals surface area contributed by atoms with E-state index in [-0.39, 0.29) is 5.70 Å². The normalized spacial score (nSPS) is 9.09. The van der Waals surface area contributed by atoms with Crippen molar-refractivity contribution in [1.82, 2.24) is 0 Å². The Bertz CT molecular complexity index is 279. The van der Waals surface area contributed by atoms with Gasteiger partial charge in [-0.3, -0.25) is 10.1 Å². The summed E-state index contributed by atoms with van der Waals surface area (Å²) in [5, 5.41) is 10.1. The second kappa shape index (κ2) is 2.96. The summed E-state index contributed by atoms with van der Waals surface area (Å²) in [5.41, 5.74) is 0.128. The third-order valence-corrected chi connectivity index (χ3v) is 1.27. The van der Waals surface area contributed by atoms with Crippen molar-refractivity contribution in [1.29, 1.82) is 0 Å². The van der Waals surface area contributed by atoms with Crippen molar-refractivity contribution >= 4 is 5.70 Å². The molecular weight excluding hydrogens is 142 g/mol. The molecule has 0 aliphatic rings. The van der Waals surface area contributed by atoms with E-state index in [0.29, 0.717) is 5.56 Å². The van der Waals surface area contributed by atoms with Crippen LogP contribution in [0.5, 0.6) is 0 Å². The quantitative estimate of drug-likeness (QED) is 0.473. The summed E-state index contributed by atoms with van der Waals surface area (Å²) < 4.78 is 0. The average Bonchev–Trinajstić information content (AvgIpc) is 2.05. The molecule has 3 nitrogen and oxygen atoms in total. The Balaban J connectivity index is 2.95. The van der Waals surface area contributed by atoms with Gasteiger partial charge in [0.25, 0.3) is 5.70 Å². The summed E-state index contributed by atoms with van der Waals surface area (Å²) in [6.07, 6.45) is 0. The first-order valence-electron chi connectivity index (χ1n) is 3.04. The van der Waals surface area contributed by atoms with Crippen LogP contribution in [0.3, 0.4) is 0 Å². The molecule has 0 saturated heterocycles. The fourth-order valence-corrected chi connectivity index (χ4v) is 0.714. The molecule has 1 rings (SSSR count). The van der Waals surface area contributed by atoms with Gasteiger partial charge in [0.15, 0.2) is 0 Å². The first-order valence-corrected chi connectivity index (χ1v) is 3.04. The van der Waals surface area contributed by atoms with Gasteiger partial charge >= 0.3 is 0 Å². The van der Waals surface area contributed by atoms with Crippen molar-refractivity contribution in [2.24, 2.45) is 0 Å². The van der Waals surface area contributed by atoms with Crippen LogP contribution in [-0.4, -0.2) is 4.92 Å². The lowest BCUT2D eigenvalue weighted by Gasteiger charge is -1.93. The summed E-state index contributed by atoms with van der Waals surface area (Å²) in [4.78, 5) is 9.54. The van der Waals surface area contributed by atoms with Crippen molar-refractivity contribution in [2.45, 2.75) is 0 Å². The maximum atomic E-state index is 10.1. The van der Waals surface area contributed by atoms with Gasteiger partial charge in [-0.2, -0.15) is 0 Å². The largest absolute Gasteiger partial charge is 0.276 e. The molecule has 0 fully saturated rings. The molecule has 0 unspecified atom stereocenters. The van der Waals surface area contributed by atoms with E-state index >= 15 is 0 Å². The van der Waals surface area contributed by atoms with E-state index in [1.807, 2.05) is 0 Å². The third kappa shape index (κ3) is 1.64. The van der Waals surface area contributed by atoms with Crippen LogP contribution >= 0.6 is 0 Å². The standard InChI is InChI=1S/C8H6NO2/c1-7(9(10)11)8-5-3-2-4-6-8/h1-6H. The zero-order valence-electron chi connectivity index (χ0n) is 5.73. The average molecular weight is 148 g/mol. The van der Waals surface area contributed by atoms with E-state index in [2.05, 4.69) is 0 Å². The molecule has 0 N–H and O–H groups in total. The maximum absolute atomic E-state index is 10.1. The van der Waals surface area contributed by atoms with Crippen molar-refractivity contribution in [2.75, 3.05) is 0 Å². The second-order valence-electron chi connectivity index (χ2n) is 2.01. The lowest BCUT2D eigenvalue weighted by molar-refractivity contribution is -0.375. The molecule has 1 aromatic carbocycles. The van der Waals surface area contributed by atoms with Gasteiger partial charge in [-0.05, 0) is 12.1 Å². The fraction of sp³-hybridized carbons (Fsp3) is 0. The molecule has 0 spiro atoms. The molecule has 0 atom stereocenters. The minimum absolute atomic E-state index is 0.314. The molecule has 11 heavy (non-hydrogen) atoms. The fourth-order valence-electron chi connectivity index (χ4n) is 0.714. The number of benzene rings is 1. The lowest BCUT2D eigenvalue weighted by Crippen LogP contribution is -1.94. The van der Waals surface area contributed by atoms with Crippen LogP contribution in [0.4, 0.5) is 0 Å². The second-order valence-corrected chi connectivity index (χ2v) is 2.01. The third-order valence-electron chi connectivity index (χ3n) is 1.27. The van der Waals surface area contributed by atoms with Gasteiger partial charge in [-0.15, -0.1) is 0 Å². The molecule has 0 bridgehead atoms. The zero-order chi connectivity index (χ0) is 8.27. The van der Waals surface area contributed by atoms with Gasteiger partial charge < -0.3 is 0 Å². The van der Waals surface area contributed by atoms with E-state index < -0.39 is 4.92 Å². The molecule has 0 aliphatic carbocycles. The van der Waals surface area contributed by atoms with Crippen LogP contribution < -0.4 is 0 Å². The van der Waals surface area contributed by atoms with Crippen LogP contribution in [0.1, 0.15) is 5.56 Å². The van der Waals surface area contributed by atoms with Crippen molar-refractivity contribution in [3.05, 3.63) is 52.6 Å². The van der Waals surface area contributed by atoms with Gasteiger partial charge in [0, 0.05) is 6.58 Å². The Kier molecular flexibility index (Phi) is 2.01. The molecule has 0 aromatic heterocycles. The number of hydrogen-bond donors (Lipinski definition) is 0. The Morgan fingerprint density at radius 1 is 1.36 bits per heavy atom. The number of rotatable bonds is 2. The smallest absolute Gasteiger partial charge is 0.258 e. The minimum atomic E-state index is -0.602. The topological polar surface area (TPSA) is 43.1 Å². The predicted molar refractivity (Wildman–Crippen MR) is 41.1 cm³/mol. The predicted octanol–water partition coefficient (Wildman–Crippen LogP) is 1.74. The van der Waals surface area contributed by atoms with Crippen LogP contribution in [0, 0.1) is 16.7 Å². The Labute approximate surface area is 64.1 Å². The Morgan fingerprint density at radius 3 is 2.36 bits per heavy atom. The lowest BCUT2D eigenvalue weighted by atomic mass is 10.2. The van der Waals surface area contributed by atoms with Crippen molar-refractivity contribution < 1.29 is 4.92 Å². The van der Waals surface area contributed by atoms with E-state index in [4.69, 9.17) is 6.58 Å². The molecule has 1 aromatic rings. The van der Waals surface area contributed by atoms with Gasteiger partial charge in [-0.25, -0.2) is 0 Å². The maximum Gasteiger partial charge on any atom is 0.276 e. The molecule has 3 heteroatoms. The zero-order valence-corrected chi connectivity index (χ0v) is 5.73. The van der Waals surface area contributed by atoms with Crippen molar-refractivity contribution in [3.63, 3.8) is 0 Å². The summed E-state index contributed by atoms with van der Waals surface area (Å²) >= 11 is 0. The van der Waals surface area contributed by atoms with Gasteiger partial charge in [0.1, 0.15) is 0 Å². The summed E-state index contributed by atoms with van der Waals surface area (Å²) in [6.45, 7) is 5.16. The first-order chi connectivity index (χ1) is 5.22. The highest BCUT2D eigenvalue weighted by molar-refractivity contribution is 5.54. The monoisotopic (exact) mass is 148 g/mol. The minimum Gasteiger partial charge on any atom is -0.258 e. The first kappa shape index (κ1) is 7.47. The van der Waals surface area contributed by atoms with Gasteiger partial charge in [-0.1, -0.05) is 18.2 Å². The number of nitro groups is 1. The number of hydrogen-bond acceptors (Lipinski definition) is 2. The van der Waals surface area contributed by atoms with Crippen LogP contribution in [0.15, 0.2) is 30.3 Å². The summed E-state index contributed by atoms with van der Waals surface area (Å²) in [5.74, 6) is 0.